The van der Waals surface area contributed by atoms with E-state index in [1.165, 1.54) is 11.8 Å². The SMILES string of the molecule is CCOC(=O)c1sc(NC(=O)CSc2nnc3c(C)cc4ccc(C)cc4n23)nc1C. The molecule has 0 fully saturated rings. The third-order valence-corrected chi connectivity index (χ3v) is 6.60. The topological polar surface area (TPSA) is 98.5 Å². The fraction of sp³-hybridized carbons (Fsp3) is 0.286. The maximum absolute atomic E-state index is 12.5. The number of hydrogen-bond acceptors (Lipinski definition) is 8. The van der Waals surface area contributed by atoms with Gasteiger partial charge in [0.15, 0.2) is 15.9 Å². The molecule has 0 atom stereocenters. The van der Waals surface area contributed by atoms with Crippen molar-refractivity contribution in [2.45, 2.75) is 32.9 Å². The molecule has 4 rings (SSSR count). The van der Waals surface area contributed by atoms with Crippen LogP contribution >= 0.6 is 23.1 Å². The van der Waals surface area contributed by atoms with Crippen molar-refractivity contribution in [3.63, 3.8) is 0 Å². The molecule has 0 saturated carbocycles. The number of nitrogens with zero attached hydrogens (tertiary/aromatic N) is 4. The number of amides is 1. The van der Waals surface area contributed by atoms with Crippen molar-refractivity contribution in [3.8, 4) is 0 Å². The number of benzene rings is 1. The van der Waals surface area contributed by atoms with Gasteiger partial charge in [-0.05, 0) is 56.3 Å². The van der Waals surface area contributed by atoms with Crippen molar-refractivity contribution >= 4 is 56.7 Å². The van der Waals surface area contributed by atoms with Crippen LogP contribution in [0.3, 0.4) is 0 Å². The Labute approximate surface area is 187 Å². The van der Waals surface area contributed by atoms with E-state index in [1.54, 1.807) is 13.8 Å². The van der Waals surface area contributed by atoms with Crippen molar-refractivity contribution in [1.29, 1.82) is 0 Å². The Morgan fingerprint density at radius 1 is 1.19 bits per heavy atom. The smallest absolute Gasteiger partial charge is 0.350 e. The number of hydrogen-bond donors (Lipinski definition) is 1. The number of carbonyl (C=O) groups excluding carboxylic acids is 2. The number of fused-ring (bicyclic) bond motifs is 3. The molecule has 0 saturated heterocycles. The summed E-state index contributed by atoms with van der Waals surface area (Å²) in [6.07, 6.45) is 0. The number of carbonyl (C=O) groups is 2. The van der Waals surface area contributed by atoms with Gasteiger partial charge in [-0.25, -0.2) is 9.78 Å². The molecule has 4 aromatic rings. The standard InChI is InChI=1S/C21H21N5O3S2/c1-5-29-19(28)17-13(4)22-20(31-17)23-16(27)10-30-21-25-24-18-12(3)9-14-7-6-11(2)8-15(14)26(18)21/h6-9H,5,10H2,1-4H3,(H,22,23,27). The zero-order valence-electron chi connectivity index (χ0n) is 17.6. The molecule has 10 heteroatoms. The fourth-order valence-electron chi connectivity index (χ4n) is 3.22. The first kappa shape index (κ1) is 21.3. The highest BCUT2D eigenvalue weighted by Crippen LogP contribution is 2.27. The summed E-state index contributed by atoms with van der Waals surface area (Å²) in [5.41, 5.74) is 4.47. The highest BCUT2D eigenvalue weighted by molar-refractivity contribution is 7.99. The fourth-order valence-corrected chi connectivity index (χ4v) is 4.85. The molecule has 160 valence electrons. The number of nitrogens with one attached hydrogen (secondary N) is 1. The first-order chi connectivity index (χ1) is 14.9. The second kappa shape index (κ2) is 8.64. The third-order valence-electron chi connectivity index (χ3n) is 4.62. The van der Waals surface area contributed by atoms with Gasteiger partial charge in [-0.2, -0.15) is 0 Å². The molecular weight excluding hydrogens is 434 g/mol. The molecule has 0 unspecified atom stereocenters. The van der Waals surface area contributed by atoms with Gasteiger partial charge in [0.25, 0.3) is 0 Å². The van der Waals surface area contributed by atoms with Crippen LogP contribution in [0.25, 0.3) is 16.6 Å². The summed E-state index contributed by atoms with van der Waals surface area (Å²) in [4.78, 5) is 29.1. The normalized spacial score (nSPS) is 11.2. The third kappa shape index (κ3) is 4.26. The van der Waals surface area contributed by atoms with Gasteiger partial charge in [0, 0.05) is 0 Å². The largest absolute Gasteiger partial charge is 0.462 e. The van der Waals surface area contributed by atoms with E-state index < -0.39 is 5.97 Å². The summed E-state index contributed by atoms with van der Waals surface area (Å²) in [6.45, 7) is 7.78. The molecule has 0 bridgehead atoms. The maximum Gasteiger partial charge on any atom is 0.350 e. The zero-order valence-corrected chi connectivity index (χ0v) is 19.2. The number of aromatic nitrogens is 4. The number of pyridine rings is 1. The van der Waals surface area contributed by atoms with E-state index in [0.29, 0.717) is 20.9 Å². The van der Waals surface area contributed by atoms with Crippen molar-refractivity contribution < 1.29 is 14.3 Å². The van der Waals surface area contributed by atoms with E-state index in [1.807, 2.05) is 18.2 Å². The Morgan fingerprint density at radius 2 is 2.00 bits per heavy atom. The predicted octanol–water partition coefficient (Wildman–Crippen LogP) is 4.17. The zero-order chi connectivity index (χ0) is 22.1. The molecule has 3 aromatic heterocycles. The Kier molecular flexibility index (Phi) is 5.92. The van der Waals surface area contributed by atoms with Gasteiger partial charge in [0.2, 0.25) is 5.91 Å². The van der Waals surface area contributed by atoms with Crippen LogP contribution in [0.1, 0.15) is 33.4 Å². The van der Waals surface area contributed by atoms with E-state index >= 15 is 0 Å². The van der Waals surface area contributed by atoms with Crippen LogP contribution in [0.15, 0.2) is 29.4 Å². The van der Waals surface area contributed by atoms with E-state index in [2.05, 4.69) is 44.8 Å². The summed E-state index contributed by atoms with van der Waals surface area (Å²) >= 11 is 2.41. The number of ether oxygens (including phenoxy) is 1. The molecular formula is C21H21N5O3S2. The van der Waals surface area contributed by atoms with Crippen LogP contribution in [0.4, 0.5) is 5.13 Å². The van der Waals surface area contributed by atoms with Gasteiger partial charge >= 0.3 is 5.97 Å². The number of aryl methyl sites for hydroxylation is 3. The minimum absolute atomic E-state index is 0.134. The van der Waals surface area contributed by atoms with Gasteiger partial charge in [0.05, 0.1) is 23.6 Å². The Hall–Kier alpha value is -2.98. The van der Waals surface area contributed by atoms with Crippen LogP contribution in [-0.2, 0) is 9.53 Å². The predicted molar refractivity (Wildman–Crippen MR) is 122 cm³/mol. The number of anilines is 1. The lowest BCUT2D eigenvalue weighted by molar-refractivity contribution is -0.113. The molecule has 0 aliphatic heterocycles. The molecule has 0 radical (unpaired) electrons. The van der Waals surface area contributed by atoms with Crippen LogP contribution in [0, 0.1) is 20.8 Å². The molecule has 0 aliphatic carbocycles. The molecule has 31 heavy (non-hydrogen) atoms. The molecule has 1 amide bonds. The van der Waals surface area contributed by atoms with Gasteiger partial charge in [-0.1, -0.05) is 35.2 Å². The lowest BCUT2D eigenvalue weighted by atomic mass is 10.1. The lowest BCUT2D eigenvalue weighted by Crippen LogP contribution is -2.14. The van der Waals surface area contributed by atoms with Crippen molar-refractivity contribution in [1.82, 2.24) is 19.6 Å². The van der Waals surface area contributed by atoms with Crippen molar-refractivity contribution in [2.75, 3.05) is 17.7 Å². The summed E-state index contributed by atoms with van der Waals surface area (Å²) in [6, 6.07) is 8.32. The van der Waals surface area contributed by atoms with Gasteiger partial charge in [0.1, 0.15) is 4.88 Å². The molecule has 0 aliphatic rings. The highest BCUT2D eigenvalue weighted by atomic mass is 32.2. The molecule has 1 N–H and O–H groups in total. The average molecular weight is 456 g/mol. The number of rotatable bonds is 6. The first-order valence-corrected chi connectivity index (χ1v) is 11.5. The van der Waals surface area contributed by atoms with Crippen LogP contribution in [0.5, 0.6) is 0 Å². The number of esters is 1. The summed E-state index contributed by atoms with van der Waals surface area (Å²) in [5, 5.41) is 13.5. The minimum atomic E-state index is -0.431. The Bertz CT molecular complexity index is 1310. The molecule has 3 heterocycles. The van der Waals surface area contributed by atoms with Gasteiger partial charge < -0.3 is 10.1 Å². The Balaban J connectivity index is 1.53. The van der Waals surface area contributed by atoms with Crippen molar-refractivity contribution in [3.05, 3.63) is 46.0 Å². The summed E-state index contributed by atoms with van der Waals surface area (Å²) in [7, 11) is 0. The monoisotopic (exact) mass is 455 g/mol. The second-order valence-electron chi connectivity index (χ2n) is 7.02. The highest BCUT2D eigenvalue weighted by Gasteiger charge is 2.18. The minimum Gasteiger partial charge on any atom is -0.462 e. The lowest BCUT2D eigenvalue weighted by Gasteiger charge is -2.08. The van der Waals surface area contributed by atoms with Crippen molar-refractivity contribution in [2.24, 2.45) is 0 Å². The summed E-state index contributed by atoms with van der Waals surface area (Å²) in [5.74, 6) is -0.533. The quantitative estimate of drug-likeness (QED) is 0.344. The number of thiazole rings is 1. The first-order valence-electron chi connectivity index (χ1n) is 9.69. The Morgan fingerprint density at radius 3 is 2.77 bits per heavy atom. The summed E-state index contributed by atoms with van der Waals surface area (Å²) < 4.78 is 7.00. The number of thioether (sulfide) groups is 1. The average Bonchev–Trinajstić information content (AvgIpc) is 3.31. The van der Waals surface area contributed by atoms with Gasteiger partial charge in [-0.15, -0.1) is 10.2 Å². The van der Waals surface area contributed by atoms with E-state index in [-0.39, 0.29) is 18.3 Å². The van der Waals surface area contributed by atoms with Crippen LogP contribution < -0.4 is 5.32 Å². The maximum atomic E-state index is 12.5. The second-order valence-corrected chi connectivity index (χ2v) is 8.96. The molecule has 8 nitrogen and oxygen atoms in total. The molecule has 0 spiro atoms. The van der Waals surface area contributed by atoms with Crippen LogP contribution in [-0.4, -0.2) is 43.8 Å². The van der Waals surface area contributed by atoms with E-state index in [4.69, 9.17) is 4.74 Å². The van der Waals surface area contributed by atoms with Gasteiger partial charge in [-0.3, -0.25) is 9.20 Å². The van der Waals surface area contributed by atoms with Crippen LogP contribution in [0.2, 0.25) is 0 Å². The van der Waals surface area contributed by atoms with E-state index in [9.17, 15) is 9.59 Å². The van der Waals surface area contributed by atoms with E-state index in [0.717, 1.165) is 39.0 Å². The molecule has 1 aromatic carbocycles.